The van der Waals surface area contributed by atoms with Crippen molar-refractivity contribution in [2.75, 3.05) is 18.0 Å². The van der Waals surface area contributed by atoms with Gasteiger partial charge in [0.1, 0.15) is 0 Å². The Kier molecular flexibility index (Phi) is 4.54. The average Bonchev–Trinajstić information content (AvgIpc) is 2.50. The molecule has 1 aromatic rings. The van der Waals surface area contributed by atoms with E-state index in [2.05, 4.69) is 39.0 Å². The van der Waals surface area contributed by atoms with Crippen molar-refractivity contribution in [1.29, 1.82) is 0 Å². The van der Waals surface area contributed by atoms with Crippen molar-refractivity contribution in [3.63, 3.8) is 0 Å². The van der Waals surface area contributed by atoms with Crippen molar-refractivity contribution in [2.24, 2.45) is 5.73 Å². The Balaban J connectivity index is 2.18. The SMILES string of the molecule is C[C@H](N)c1ccc(N2CCCC(C)(O)CC2)c(Br)c1. The predicted octanol–water partition coefficient (Wildman–Crippen LogP) is 3.21. The number of rotatable bonds is 2. The van der Waals surface area contributed by atoms with Crippen LogP contribution in [0.1, 0.15) is 44.7 Å². The molecule has 1 aliphatic heterocycles. The molecule has 1 aromatic carbocycles. The number of anilines is 1. The van der Waals surface area contributed by atoms with Gasteiger partial charge in [-0.15, -0.1) is 0 Å². The molecule has 1 heterocycles. The second-order valence-electron chi connectivity index (χ2n) is 5.84. The van der Waals surface area contributed by atoms with Crippen LogP contribution in [0.25, 0.3) is 0 Å². The van der Waals surface area contributed by atoms with Gasteiger partial charge >= 0.3 is 0 Å². The van der Waals surface area contributed by atoms with E-state index in [4.69, 9.17) is 5.73 Å². The van der Waals surface area contributed by atoms with Crippen molar-refractivity contribution >= 4 is 21.6 Å². The number of aliphatic hydroxyl groups is 1. The normalized spacial score (nSPS) is 26.1. The quantitative estimate of drug-likeness (QED) is 0.877. The smallest absolute Gasteiger partial charge is 0.0637 e. The zero-order chi connectivity index (χ0) is 14.0. The summed E-state index contributed by atoms with van der Waals surface area (Å²) in [6.45, 7) is 5.81. The maximum Gasteiger partial charge on any atom is 0.0637 e. The van der Waals surface area contributed by atoms with Crippen LogP contribution in [0.15, 0.2) is 22.7 Å². The highest BCUT2D eigenvalue weighted by molar-refractivity contribution is 9.10. The van der Waals surface area contributed by atoms with Gasteiger partial charge in [0, 0.05) is 23.6 Å². The highest BCUT2D eigenvalue weighted by Gasteiger charge is 2.25. The number of benzene rings is 1. The Labute approximate surface area is 123 Å². The number of nitrogens with zero attached hydrogens (tertiary/aromatic N) is 1. The summed E-state index contributed by atoms with van der Waals surface area (Å²) in [6.07, 6.45) is 2.71. The average molecular weight is 327 g/mol. The van der Waals surface area contributed by atoms with Gasteiger partial charge in [-0.3, -0.25) is 0 Å². The first-order valence-corrected chi connectivity index (χ1v) is 7.71. The Morgan fingerprint density at radius 2 is 2.11 bits per heavy atom. The first-order chi connectivity index (χ1) is 8.89. The highest BCUT2D eigenvalue weighted by Crippen LogP contribution is 2.32. The third-order valence-electron chi connectivity index (χ3n) is 3.90. The molecule has 1 fully saturated rings. The molecule has 106 valence electrons. The third kappa shape index (κ3) is 3.71. The van der Waals surface area contributed by atoms with Crippen molar-refractivity contribution in [3.05, 3.63) is 28.2 Å². The van der Waals surface area contributed by atoms with Crippen molar-refractivity contribution in [3.8, 4) is 0 Å². The van der Waals surface area contributed by atoms with Crippen LogP contribution in [-0.2, 0) is 0 Å². The second kappa shape index (κ2) is 5.81. The molecule has 0 aromatic heterocycles. The van der Waals surface area contributed by atoms with E-state index in [0.29, 0.717) is 0 Å². The standard InChI is InChI=1S/C15H23BrN2O/c1-11(17)12-4-5-14(13(16)10-12)18-8-3-6-15(2,19)7-9-18/h4-5,10-11,19H,3,6-9,17H2,1-2H3/t11-,15?/m0/s1. The summed E-state index contributed by atoms with van der Waals surface area (Å²) in [5.41, 5.74) is 7.72. The van der Waals surface area contributed by atoms with Crippen molar-refractivity contribution in [1.82, 2.24) is 0 Å². The zero-order valence-electron chi connectivity index (χ0n) is 11.7. The predicted molar refractivity (Wildman–Crippen MR) is 83.4 cm³/mol. The monoisotopic (exact) mass is 326 g/mol. The van der Waals surface area contributed by atoms with E-state index in [1.807, 2.05) is 13.8 Å². The fourth-order valence-corrected chi connectivity index (χ4v) is 3.21. The summed E-state index contributed by atoms with van der Waals surface area (Å²) in [4.78, 5) is 2.34. The van der Waals surface area contributed by atoms with Crippen LogP contribution in [0.5, 0.6) is 0 Å². The number of hydrogen-bond acceptors (Lipinski definition) is 3. The molecule has 1 saturated heterocycles. The zero-order valence-corrected chi connectivity index (χ0v) is 13.3. The van der Waals surface area contributed by atoms with Crippen LogP contribution >= 0.6 is 15.9 Å². The molecule has 0 radical (unpaired) electrons. The molecule has 0 amide bonds. The Bertz CT molecular complexity index is 446. The molecule has 19 heavy (non-hydrogen) atoms. The van der Waals surface area contributed by atoms with E-state index in [1.165, 1.54) is 5.69 Å². The molecular formula is C15H23BrN2O. The summed E-state index contributed by atoms with van der Waals surface area (Å²) in [7, 11) is 0. The molecule has 0 aliphatic carbocycles. The molecule has 0 bridgehead atoms. The van der Waals surface area contributed by atoms with Gasteiger partial charge in [0.2, 0.25) is 0 Å². The van der Waals surface area contributed by atoms with E-state index >= 15 is 0 Å². The number of nitrogens with two attached hydrogens (primary N) is 1. The van der Waals surface area contributed by atoms with Gasteiger partial charge in [-0.25, -0.2) is 0 Å². The van der Waals surface area contributed by atoms with E-state index in [9.17, 15) is 5.11 Å². The first-order valence-electron chi connectivity index (χ1n) is 6.91. The second-order valence-corrected chi connectivity index (χ2v) is 6.69. The summed E-state index contributed by atoms with van der Waals surface area (Å²) in [5, 5.41) is 10.2. The topological polar surface area (TPSA) is 49.5 Å². The van der Waals surface area contributed by atoms with Gasteiger partial charge in [0.05, 0.1) is 11.3 Å². The fraction of sp³-hybridized carbons (Fsp3) is 0.600. The summed E-state index contributed by atoms with van der Waals surface area (Å²) in [5.74, 6) is 0. The Hall–Kier alpha value is -0.580. The van der Waals surface area contributed by atoms with Gasteiger partial charge in [-0.1, -0.05) is 6.07 Å². The van der Waals surface area contributed by atoms with Crippen LogP contribution in [0, 0.1) is 0 Å². The largest absolute Gasteiger partial charge is 0.390 e. The minimum absolute atomic E-state index is 0.0511. The van der Waals surface area contributed by atoms with Gasteiger partial charge in [0.25, 0.3) is 0 Å². The lowest BCUT2D eigenvalue weighted by Crippen LogP contribution is -2.28. The van der Waals surface area contributed by atoms with E-state index in [-0.39, 0.29) is 6.04 Å². The van der Waals surface area contributed by atoms with Crippen molar-refractivity contribution in [2.45, 2.75) is 44.8 Å². The molecule has 1 aliphatic rings. The molecule has 2 rings (SSSR count). The van der Waals surface area contributed by atoms with Crippen molar-refractivity contribution < 1.29 is 5.11 Å². The Morgan fingerprint density at radius 3 is 2.74 bits per heavy atom. The molecule has 0 saturated carbocycles. The Morgan fingerprint density at radius 1 is 1.37 bits per heavy atom. The highest BCUT2D eigenvalue weighted by atomic mass is 79.9. The van der Waals surface area contributed by atoms with Crippen LogP contribution in [-0.4, -0.2) is 23.8 Å². The van der Waals surface area contributed by atoms with E-state index in [0.717, 1.165) is 42.4 Å². The lowest BCUT2D eigenvalue weighted by Gasteiger charge is -2.25. The number of halogens is 1. The van der Waals surface area contributed by atoms with E-state index < -0.39 is 5.60 Å². The molecule has 0 spiro atoms. The maximum atomic E-state index is 10.2. The molecule has 3 nitrogen and oxygen atoms in total. The summed E-state index contributed by atoms with van der Waals surface area (Å²) >= 11 is 3.65. The lowest BCUT2D eigenvalue weighted by molar-refractivity contribution is 0.0481. The van der Waals surface area contributed by atoms with Crippen LogP contribution in [0.3, 0.4) is 0 Å². The molecule has 2 atom stereocenters. The van der Waals surface area contributed by atoms with Crippen LogP contribution < -0.4 is 10.6 Å². The minimum Gasteiger partial charge on any atom is -0.390 e. The number of hydrogen-bond donors (Lipinski definition) is 2. The summed E-state index contributed by atoms with van der Waals surface area (Å²) in [6, 6.07) is 6.37. The van der Waals surface area contributed by atoms with Gasteiger partial charge in [-0.2, -0.15) is 0 Å². The molecule has 4 heteroatoms. The lowest BCUT2D eigenvalue weighted by atomic mass is 9.98. The van der Waals surface area contributed by atoms with Crippen LogP contribution in [0.2, 0.25) is 0 Å². The molecule has 1 unspecified atom stereocenters. The van der Waals surface area contributed by atoms with Gasteiger partial charge < -0.3 is 15.7 Å². The molecule has 3 N–H and O–H groups in total. The fourth-order valence-electron chi connectivity index (χ4n) is 2.57. The maximum absolute atomic E-state index is 10.2. The summed E-state index contributed by atoms with van der Waals surface area (Å²) < 4.78 is 1.09. The third-order valence-corrected chi connectivity index (χ3v) is 4.54. The molecular weight excluding hydrogens is 304 g/mol. The van der Waals surface area contributed by atoms with E-state index in [1.54, 1.807) is 0 Å². The van der Waals surface area contributed by atoms with Crippen LogP contribution in [0.4, 0.5) is 5.69 Å². The van der Waals surface area contributed by atoms with Gasteiger partial charge in [-0.05, 0) is 66.7 Å². The van der Waals surface area contributed by atoms with Gasteiger partial charge in [0.15, 0.2) is 0 Å². The minimum atomic E-state index is -0.521. The first kappa shape index (κ1) is 14.8.